The first-order chi connectivity index (χ1) is 13.5. The molecule has 2 heterocycles. The van der Waals surface area contributed by atoms with Crippen molar-refractivity contribution in [3.05, 3.63) is 41.6 Å². The molecule has 0 saturated carbocycles. The molecule has 0 saturated heterocycles. The minimum absolute atomic E-state index is 0.243. The van der Waals surface area contributed by atoms with Crippen LogP contribution in [0.4, 0.5) is 5.69 Å². The van der Waals surface area contributed by atoms with Gasteiger partial charge in [0.15, 0.2) is 0 Å². The number of rotatable bonds is 3. The lowest BCUT2D eigenvalue weighted by Crippen LogP contribution is -2.24. The number of pyridine rings is 1. The van der Waals surface area contributed by atoms with Crippen LogP contribution in [-0.2, 0) is 22.4 Å². The molecule has 1 atom stereocenters. The molecule has 0 fully saturated rings. The summed E-state index contributed by atoms with van der Waals surface area (Å²) in [6, 6.07) is 6.24. The van der Waals surface area contributed by atoms with E-state index in [2.05, 4.69) is 30.4 Å². The first-order valence-electron chi connectivity index (χ1n) is 9.48. The van der Waals surface area contributed by atoms with Crippen LogP contribution in [0, 0.1) is 0 Å². The SMILES string of the molecule is CCC1CNc2c3c(nc4cccc(c24)O1)CCCC3.O=C(O)C=CC(=O)O. The highest BCUT2D eigenvalue weighted by Gasteiger charge is 2.24. The third kappa shape index (κ3) is 4.42. The molecule has 0 spiro atoms. The van der Waals surface area contributed by atoms with Crippen molar-refractivity contribution in [3.8, 4) is 5.75 Å². The molecule has 0 radical (unpaired) electrons. The van der Waals surface area contributed by atoms with Gasteiger partial charge in [-0.15, -0.1) is 0 Å². The van der Waals surface area contributed by atoms with E-state index in [4.69, 9.17) is 19.9 Å². The summed E-state index contributed by atoms with van der Waals surface area (Å²) in [4.78, 5) is 24.0. The number of benzene rings is 1. The fourth-order valence-corrected chi connectivity index (χ4v) is 3.54. The minimum atomic E-state index is -1.26. The molecule has 4 rings (SSSR count). The predicted octanol–water partition coefficient (Wildman–Crippen LogP) is 3.41. The lowest BCUT2D eigenvalue weighted by atomic mass is 9.92. The summed E-state index contributed by atoms with van der Waals surface area (Å²) < 4.78 is 6.17. The average molecular weight is 384 g/mol. The van der Waals surface area contributed by atoms with Crippen LogP contribution < -0.4 is 10.1 Å². The second kappa shape index (κ2) is 8.73. The van der Waals surface area contributed by atoms with Crippen LogP contribution in [0.15, 0.2) is 30.4 Å². The summed E-state index contributed by atoms with van der Waals surface area (Å²) in [5.41, 5.74) is 5.08. The van der Waals surface area contributed by atoms with E-state index in [0.717, 1.165) is 37.1 Å². The first-order valence-corrected chi connectivity index (χ1v) is 9.48. The van der Waals surface area contributed by atoms with Gasteiger partial charge in [-0.05, 0) is 49.8 Å². The Hall–Kier alpha value is -3.09. The molecule has 3 N–H and O–H groups in total. The zero-order valence-electron chi connectivity index (χ0n) is 15.8. The van der Waals surface area contributed by atoms with Crippen LogP contribution in [0.3, 0.4) is 0 Å². The molecule has 2 aromatic rings. The molecule has 1 aliphatic heterocycles. The Bertz CT molecular complexity index is 907. The van der Waals surface area contributed by atoms with Gasteiger partial charge in [0.25, 0.3) is 0 Å². The van der Waals surface area contributed by atoms with Crippen molar-refractivity contribution >= 4 is 28.5 Å². The van der Waals surface area contributed by atoms with E-state index in [0.29, 0.717) is 12.2 Å². The molecule has 1 aliphatic carbocycles. The number of aromatic nitrogens is 1. The van der Waals surface area contributed by atoms with Gasteiger partial charge in [-0.1, -0.05) is 13.0 Å². The van der Waals surface area contributed by atoms with Gasteiger partial charge in [-0.2, -0.15) is 0 Å². The molecule has 0 amide bonds. The minimum Gasteiger partial charge on any atom is -0.488 e. The Morgan fingerprint density at radius 3 is 2.61 bits per heavy atom. The number of hydrogen-bond donors (Lipinski definition) is 3. The van der Waals surface area contributed by atoms with Crippen molar-refractivity contribution in [2.75, 3.05) is 11.9 Å². The maximum absolute atomic E-state index is 9.55. The standard InChI is InChI=1S/C17H20N2O.C4H4O4/c1-2-11-10-18-17-12-6-3-4-7-13(12)19-14-8-5-9-15(20-11)16(14)17;5-3(6)1-2-4(7)8/h5,8-9,11,18H,2-4,6-7,10H2,1H3;1-2H,(H,5,6)(H,7,8). The molecule has 1 aromatic carbocycles. The number of anilines is 1. The third-order valence-corrected chi connectivity index (χ3v) is 4.87. The molecule has 2 aliphatic rings. The highest BCUT2D eigenvalue weighted by atomic mass is 16.5. The maximum atomic E-state index is 9.55. The lowest BCUT2D eigenvalue weighted by molar-refractivity contribution is -0.134. The van der Waals surface area contributed by atoms with E-state index >= 15 is 0 Å². The predicted molar refractivity (Wildman–Crippen MR) is 106 cm³/mol. The smallest absolute Gasteiger partial charge is 0.328 e. The normalized spacial score (nSPS) is 17.5. The zero-order chi connectivity index (χ0) is 20.1. The first kappa shape index (κ1) is 19.7. The fraction of sp³-hybridized carbons (Fsp3) is 0.381. The third-order valence-electron chi connectivity index (χ3n) is 4.87. The van der Waals surface area contributed by atoms with E-state index in [-0.39, 0.29) is 6.10 Å². The van der Waals surface area contributed by atoms with Crippen molar-refractivity contribution in [1.82, 2.24) is 4.98 Å². The molecule has 28 heavy (non-hydrogen) atoms. The summed E-state index contributed by atoms with van der Waals surface area (Å²) in [7, 11) is 0. The Morgan fingerprint density at radius 1 is 1.21 bits per heavy atom. The highest BCUT2D eigenvalue weighted by molar-refractivity contribution is 5.98. The lowest BCUT2D eigenvalue weighted by Gasteiger charge is -2.20. The van der Waals surface area contributed by atoms with E-state index in [1.54, 1.807) is 0 Å². The van der Waals surface area contributed by atoms with Crippen molar-refractivity contribution in [2.45, 2.75) is 45.1 Å². The second-order valence-electron chi connectivity index (χ2n) is 6.81. The molecule has 7 heteroatoms. The van der Waals surface area contributed by atoms with E-state index in [1.165, 1.54) is 35.2 Å². The van der Waals surface area contributed by atoms with Crippen molar-refractivity contribution in [3.63, 3.8) is 0 Å². The van der Waals surface area contributed by atoms with Gasteiger partial charge < -0.3 is 20.3 Å². The number of carboxylic acids is 2. The van der Waals surface area contributed by atoms with Crippen LogP contribution in [-0.4, -0.2) is 39.8 Å². The summed E-state index contributed by atoms with van der Waals surface area (Å²) in [5, 5.41) is 20.5. The molecule has 7 nitrogen and oxygen atoms in total. The fourth-order valence-electron chi connectivity index (χ4n) is 3.54. The van der Waals surface area contributed by atoms with Gasteiger partial charge in [0, 0.05) is 17.8 Å². The molecular formula is C21H24N2O5. The van der Waals surface area contributed by atoms with Crippen LogP contribution >= 0.6 is 0 Å². The van der Waals surface area contributed by atoms with Crippen LogP contribution in [0.2, 0.25) is 0 Å². The van der Waals surface area contributed by atoms with Crippen molar-refractivity contribution < 1.29 is 24.5 Å². The van der Waals surface area contributed by atoms with E-state index in [9.17, 15) is 9.59 Å². The maximum Gasteiger partial charge on any atom is 0.328 e. The number of carboxylic acid groups (broad SMARTS) is 2. The van der Waals surface area contributed by atoms with Crippen molar-refractivity contribution in [1.29, 1.82) is 0 Å². The monoisotopic (exact) mass is 384 g/mol. The number of aliphatic carboxylic acids is 2. The van der Waals surface area contributed by atoms with Gasteiger partial charge >= 0.3 is 11.9 Å². The topological polar surface area (TPSA) is 109 Å². The van der Waals surface area contributed by atoms with Gasteiger partial charge in [0.2, 0.25) is 0 Å². The second-order valence-corrected chi connectivity index (χ2v) is 6.81. The highest BCUT2D eigenvalue weighted by Crippen LogP contribution is 2.40. The quantitative estimate of drug-likeness (QED) is 0.696. The molecule has 1 unspecified atom stereocenters. The summed E-state index contributed by atoms with van der Waals surface area (Å²) in [6.07, 6.45) is 7.17. The summed E-state index contributed by atoms with van der Waals surface area (Å²) >= 11 is 0. The zero-order valence-corrected chi connectivity index (χ0v) is 15.8. The number of aryl methyl sites for hydroxylation is 1. The van der Waals surface area contributed by atoms with Crippen LogP contribution in [0.1, 0.15) is 37.4 Å². The van der Waals surface area contributed by atoms with Crippen LogP contribution in [0.25, 0.3) is 10.9 Å². The number of hydrogen-bond acceptors (Lipinski definition) is 5. The van der Waals surface area contributed by atoms with Gasteiger partial charge in [-0.25, -0.2) is 9.59 Å². The Balaban J connectivity index is 0.000000242. The molecule has 148 valence electrons. The Kier molecular flexibility index (Phi) is 6.13. The number of carbonyl (C=O) groups is 2. The van der Waals surface area contributed by atoms with Gasteiger partial charge in [-0.3, -0.25) is 4.98 Å². The van der Waals surface area contributed by atoms with Gasteiger partial charge in [0.1, 0.15) is 11.9 Å². The van der Waals surface area contributed by atoms with Crippen molar-refractivity contribution in [2.24, 2.45) is 0 Å². The number of nitrogens with zero attached hydrogens (tertiary/aromatic N) is 1. The molecule has 0 bridgehead atoms. The average Bonchev–Trinajstić information content (AvgIpc) is 2.88. The van der Waals surface area contributed by atoms with E-state index in [1.807, 2.05) is 0 Å². The molecule has 1 aromatic heterocycles. The summed E-state index contributed by atoms with van der Waals surface area (Å²) in [5.74, 6) is -1.52. The number of fused-ring (bicyclic) bond motifs is 2. The number of nitrogens with one attached hydrogen (secondary N) is 1. The summed E-state index contributed by atoms with van der Waals surface area (Å²) in [6.45, 7) is 3.06. The number of ether oxygens (including phenoxy) is 1. The molecular weight excluding hydrogens is 360 g/mol. The largest absolute Gasteiger partial charge is 0.488 e. The Labute approximate surface area is 163 Å². The van der Waals surface area contributed by atoms with Crippen LogP contribution in [0.5, 0.6) is 5.75 Å². The Morgan fingerprint density at radius 2 is 1.93 bits per heavy atom. The van der Waals surface area contributed by atoms with E-state index < -0.39 is 11.9 Å². The van der Waals surface area contributed by atoms with Gasteiger partial charge in [0.05, 0.1) is 23.1 Å².